The van der Waals surface area contributed by atoms with Gasteiger partial charge in [-0.15, -0.1) is 11.3 Å². The van der Waals surface area contributed by atoms with Crippen LogP contribution in [-0.4, -0.2) is 51.4 Å². The van der Waals surface area contributed by atoms with E-state index >= 15 is 0 Å². The molecule has 2 amide bonds. The van der Waals surface area contributed by atoms with Crippen molar-refractivity contribution in [3.63, 3.8) is 0 Å². The fourth-order valence-corrected chi connectivity index (χ4v) is 5.55. The van der Waals surface area contributed by atoms with Gasteiger partial charge in [0.1, 0.15) is 11.2 Å². The predicted octanol–water partition coefficient (Wildman–Crippen LogP) is 5.83. The summed E-state index contributed by atoms with van der Waals surface area (Å²) in [5.74, 6) is 0.314. The van der Waals surface area contributed by atoms with Crippen LogP contribution in [0.4, 0.5) is 9.59 Å². The van der Waals surface area contributed by atoms with Crippen molar-refractivity contribution >= 4 is 39.5 Å². The van der Waals surface area contributed by atoms with Crippen LogP contribution in [0.3, 0.4) is 0 Å². The molecule has 1 aromatic heterocycles. The number of thiazole rings is 1. The van der Waals surface area contributed by atoms with E-state index in [-0.39, 0.29) is 30.3 Å². The van der Waals surface area contributed by atoms with E-state index in [1.54, 1.807) is 11.3 Å². The van der Waals surface area contributed by atoms with Gasteiger partial charge in [0.15, 0.2) is 3.92 Å². The molecule has 2 atom stereocenters. The van der Waals surface area contributed by atoms with Crippen LogP contribution in [0.5, 0.6) is 0 Å². The van der Waals surface area contributed by atoms with Crippen LogP contribution in [0.2, 0.25) is 0 Å². The molecule has 0 saturated heterocycles. The van der Waals surface area contributed by atoms with Crippen molar-refractivity contribution < 1.29 is 19.1 Å². The molecule has 0 aromatic carbocycles. The van der Waals surface area contributed by atoms with Gasteiger partial charge < -0.3 is 19.7 Å². The fraction of sp³-hybridized carbons (Fsp3) is 0.773. The van der Waals surface area contributed by atoms with E-state index in [1.165, 1.54) is 4.88 Å². The molecule has 1 N–H and O–H groups in total. The van der Waals surface area contributed by atoms with Gasteiger partial charge in [0.2, 0.25) is 0 Å². The van der Waals surface area contributed by atoms with Gasteiger partial charge in [-0.3, -0.25) is 0 Å². The second-order valence-electron chi connectivity index (χ2n) is 10.5. The Morgan fingerprint density at radius 1 is 1.10 bits per heavy atom. The Bertz CT molecular complexity index is 793. The Morgan fingerprint density at radius 2 is 1.71 bits per heavy atom. The molecule has 1 heterocycles. The van der Waals surface area contributed by atoms with E-state index in [1.807, 2.05) is 52.6 Å². The van der Waals surface area contributed by atoms with Crippen molar-refractivity contribution in [3.8, 4) is 0 Å². The minimum Gasteiger partial charge on any atom is -0.444 e. The largest absolute Gasteiger partial charge is 0.444 e. The second-order valence-corrected chi connectivity index (χ2v) is 12.8. The highest BCUT2D eigenvalue weighted by Gasteiger charge is 2.49. The summed E-state index contributed by atoms with van der Waals surface area (Å²) in [6.07, 6.45) is 5.49. The first-order valence-electron chi connectivity index (χ1n) is 10.9. The number of nitrogens with zero attached hydrogens (tertiary/aromatic N) is 2. The average molecular weight is 517 g/mol. The molecule has 174 valence electrons. The van der Waals surface area contributed by atoms with Crippen molar-refractivity contribution in [2.75, 3.05) is 0 Å². The number of rotatable bonds is 4. The smallest absolute Gasteiger partial charge is 0.410 e. The molecule has 1 aromatic rings. The SMILES string of the molecule is CC(C)(C)OC(=O)NC1CCC(N(C(=O)OC(C)(C)C)[C@H]2C[C@@H]2c2cnc(Br)s2)CC1. The summed E-state index contributed by atoms with van der Waals surface area (Å²) in [6.45, 7) is 11.3. The Morgan fingerprint density at radius 3 is 2.23 bits per heavy atom. The van der Waals surface area contributed by atoms with Crippen molar-refractivity contribution in [1.82, 2.24) is 15.2 Å². The molecule has 7 nitrogen and oxygen atoms in total. The highest BCUT2D eigenvalue weighted by atomic mass is 79.9. The third kappa shape index (κ3) is 7.07. The number of carbonyl (C=O) groups is 2. The quantitative estimate of drug-likeness (QED) is 0.544. The number of aromatic nitrogens is 1. The van der Waals surface area contributed by atoms with Gasteiger partial charge in [0, 0.05) is 35.1 Å². The van der Waals surface area contributed by atoms with Gasteiger partial charge in [0.05, 0.1) is 0 Å². The van der Waals surface area contributed by atoms with Crippen molar-refractivity contribution in [1.29, 1.82) is 0 Å². The maximum absolute atomic E-state index is 13.1. The van der Waals surface area contributed by atoms with Crippen molar-refractivity contribution in [2.45, 2.75) is 109 Å². The molecular formula is C22H34BrN3O4S. The molecule has 2 fully saturated rings. The normalized spacial score (nSPS) is 26.2. The fourth-order valence-electron chi connectivity index (χ4n) is 4.07. The van der Waals surface area contributed by atoms with Crippen LogP contribution < -0.4 is 5.32 Å². The maximum Gasteiger partial charge on any atom is 0.410 e. The highest BCUT2D eigenvalue weighted by Crippen LogP contribution is 2.49. The first-order valence-corrected chi connectivity index (χ1v) is 12.6. The number of halogens is 1. The summed E-state index contributed by atoms with van der Waals surface area (Å²) in [6, 6.07) is 0.319. The zero-order valence-corrected chi connectivity index (χ0v) is 21.6. The van der Waals surface area contributed by atoms with E-state index in [9.17, 15) is 9.59 Å². The zero-order chi connectivity index (χ0) is 23.0. The topological polar surface area (TPSA) is 80.8 Å². The standard InChI is InChI=1S/C22H34BrN3O4S/c1-21(2,3)29-19(27)25-13-7-9-14(10-8-13)26(20(28)30-22(4,5)6)16-11-15(16)17-12-24-18(23)31-17/h12-16H,7-11H2,1-6H3,(H,25,27)/t13?,14?,15-,16-/m0/s1. The monoisotopic (exact) mass is 515 g/mol. The lowest BCUT2D eigenvalue weighted by Crippen LogP contribution is -2.49. The molecule has 0 aliphatic heterocycles. The van der Waals surface area contributed by atoms with Crippen LogP contribution >= 0.6 is 27.3 Å². The Balaban J connectivity index is 1.63. The average Bonchev–Trinajstić information content (AvgIpc) is 3.25. The lowest BCUT2D eigenvalue weighted by atomic mass is 9.90. The lowest BCUT2D eigenvalue weighted by molar-refractivity contribution is 0.00746. The van der Waals surface area contributed by atoms with Gasteiger partial charge >= 0.3 is 12.2 Å². The number of ether oxygens (including phenoxy) is 2. The van der Waals surface area contributed by atoms with Gasteiger partial charge in [-0.1, -0.05) is 0 Å². The summed E-state index contributed by atoms with van der Waals surface area (Å²) in [5.41, 5.74) is -1.05. The van der Waals surface area contributed by atoms with Gasteiger partial charge in [-0.2, -0.15) is 0 Å². The molecule has 2 aliphatic rings. The van der Waals surface area contributed by atoms with Gasteiger partial charge in [0.25, 0.3) is 0 Å². The number of amides is 2. The van der Waals surface area contributed by atoms with Gasteiger partial charge in [-0.25, -0.2) is 14.6 Å². The molecule has 0 radical (unpaired) electrons. The molecule has 2 aliphatic carbocycles. The molecule has 0 spiro atoms. The molecular weight excluding hydrogens is 482 g/mol. The highest BCUT2D eigenvalue weighted by molar-refractivity contribution is 9.11. The van der Waals surface area contributed by atoms with Crippen LogP contribution in [0.1, 0.15) is 84.4 Å². The third-order valence-corrected chi connectivity index (χ3v) is 7.00. The summed E-state index contributed by atoms with van der Waals surface area (Å²) in [4.78, 5) is 32.7. The molecule has 0 bridgehead atoms. The molecule has 0 unspecified atom stereocenters. The first kappa shape index (κ1) is 24.3. The molecule has 9 heteroatoms. The molecule has 2 saturated carbocycles. The number of carbonyl (C=O) groups excluding carboxylic acids is 2. The van der Waals surface area contributed by atoms with E-state index in [0.29, 0.717) is 5.92 Å². The van der Waals surface area contributed by atoms with E-state index in [2.05, 4.69) is 26.2 Å². The molecule has 31 heavy (non-hydrogen) atoms. The van der Waals surface area contributed by atoms with Crippen LogP contribution in [-0.2, 0) is 9.47 Å². The minimum absolute atomic E-state index is 0.0686. The summed E-state index contributed by atoms with van der Waals surface area (Å²) >= 11 is 5.06. The zero-order valence-electron chi connectivity index (χ0n) is 19.2. The first-order chi connectivity index (χ1) is 14.3. The summed E-state index contributed by atoms with van der Waals surface area (Å²) in [5, 5.41) is 2.98. The predicted molar refractivity (Wildman–Crippen MR) is 124 cm³/mol. The number of alkyl carbamates (subject to hydrolysis) is 1. The van der Waals surface area contributed by atoms with Crippen LogP contribution in [0.15, 0.2) is 10.1 Å². The number of hydrogen-bond acceptors (Lipinski definition) is 6. The Labute approximate surface area is 197 Å². The number of nitrogens with one attached hydrogen (secondary N) is 1. The third-order valence-electron chi connectivity index (χ3n) is 5.39. The summed E-state index contributed by atoms with van der Waals surface area (Å²) in [7, 11) is 0. The van der Waals surface area contributed by atoms with Crippen LogP contribution in [0, 0.1) is 0 Å². The van der Waals surface area contributed by atoms with Crippen molar-refractivity contribution in [3.05, 3.63) is 15.0 Å². The van der Waals surface area contributed by atoms with Gasteiger partial charge in [-0.05, 0) is 89.6 Å². The number of hydrogen-bond donors (Lipinski definition) is 1. The van der Waals surface area contributed by atoms with E-state index in [4.69, 9.17) is 9.47 Å². The van der Waals surface area contributed by atoms with E-state index < -0.39 is 11.2 Å². The van der Waals surface area contributed by atoms with Crippen LogP contribution in [0.25, 0.3) is 0 Å². The Kier molecular flexibility index (Phi) is 7.25. The lowest BCUT2D eigenvalue weighted by Gasteiger charge is -2.38. The Hall–Kier alpha value is -1.35. The summed E-state index contributed by atoms with van der Waals surface area (Å²) < 4.78 is 12.0. The minimum atomic E-state index is -0.539. The molecule has 3 rings (SSSR count). The van der Waals surface area contributed by atoms with Crippen molar-refractivity contribution in [2.24, 2.45) is 0 Å². The van der Waals surface area contributed by atoms with E-state index in [0.717, 1.165) is 36.0 Å². The maximum atomic E-state index is 13.1. The second kappa shape index (κ2) is 9.25.